The summed E-state index contributed by atoms with van der Waals surface area (Å²) in [4.78, 5) is 3.69. The van der Waals surface area contributed by atoms with Crippen LogP contribution in [0, 0.1) is 0 Å². The molecule has 0 unspecified atom stereocenters. The lowest BCUT2D eigenvalue weighted by Crippen LogP contribution is -2.05. The van der Waals surface area contributed by atoms with Crippen LogP contribution in [0.3, 0.4) is 0 Å². The van der Waals surface area contributed by atoms with Crippen LogP contribution in [-0.2, 0) is 6.54 Å². The van der Waals surface area contributed by atoms with Crippen molar-refractivity contribution in [3.8, 4) is 5.75 Å². The number of ether oxygens (including phenoxy) is 1. The maximum absolute atomic E-state index is 12.5. The largest absolute Gasteiger partial charge is 0.493 e. The zero-order valence-corrected chi connectivity index (χ0v) is 9.01. The van der Waals surface area contributed by atoms with Crippen molar-refractivity contribution in [1.82, 2.24) is 4.98 Å². The minimum atomic E-state index is -2.67. The molecule has 0 bridgehead atoms. The molecule has 1 aromatic rings. The molecule has 0 radical (unpaired) electrons. The summed E-state index contributed by atoms with van der Waals surface area (Å²) in [5.41, 5.74) is 5.32. The summed E-state index contributed by atoms with van der Waals surface area (Å²) < 4.78 is 30.3. The van der Waals surface area contributed by atoms with Crippen molar-refractivity contribution in [3.05, 3.63) is 21.9 Å². The van der Waals surface area contributed by atoms with Crippen molar-refractivity contribution in [2.75, 3.05) is 7.11 Å². The zero-order chi connectivity index (χ0) is 10.7. The maximum Gasteiger partial charge on any atom is 0.284 e. The molecule has 0 aliphatic carbocycles. The van der Waals surface area contributed by atoms with Crippen molar-refractivity contribution in [2.24, 2.45) is 5.73 Å². The number of nitrogens with two attached hydrogens (primary N) is 1. The minimum Gasteiger partial charge on any atom is -0.493 e. The average molecular weight is 267 g/mol. The highest BCUT2D eigenvalue weighted by Crippen LogP contribution is 2.34. The zero-order valence-electron chi connectivity index (χ0n) is 7.43. The van der Waals surface area contributed by atoms with Crippen LogP contribution in [0.15, 0.2) is 10.5 Å². The SMILES string of the molecule is COc1c(Br)cc(CN)nc1C(F)F. The average Bonchev–Trinajstić information content (AvgIpc) is 2.16. The molecule has 0 amide bonds. The lowest BCUT2D eigenvalue weighted by molar-refractivity contribution is 0.141. The topological polar surface area (TPSA) is 48.1 Å². The molecule has 1 aromatic heterocycles. The summed E-state index contributed by atoms with van der Waals surface area (Å²) in [6.07, 6.45) is -2.67. The van der Waals surface area contributed by atoms with Crippen LogP contribution in [-0.4, -0.2) is 12.1 Å². The van der Waals surface area contributed by atoms with Gasteiger partial charge in [0.2, 0.25) is 0 Å². The highest BCUT2D eigenvalue weighted by molar-refractivity contribution is 9.10. The Bertz CT molecular complexity index is 333. The molecule has 0 spiro atoms. The number of alkyl halides is 2. The first-order chi connectivity index (χ1) is 6.60. The van der Waals surface area contributed by atoms with E-state index in [0.29, 0.717) is 10.2 Å². The Hall–Kier alpha value is -0.750. The third kappa shape index (κ3) is 2.19. The van der Waals surface area contributed by atoms with E-state index >= 15 is 0 Å². The molecule has 1 heterocycles. The van der Waals surface area contributed by atoms with Gasteiger partial charge in [0.1, 0.15) is 5.69 Å². The van der Waals surface area contributed by atoms with Gasteiger partial charge in [-0.2, -0.15) is 0 Å². The summed E-state index contributed by atoms with van der Waals surface area (Å²) in [5, 5.41) is 0. The first-order valence-electron chi connectivity index (χ1n) is 3.81. The van der Waals surface area contributed by atoms with E-state index in [1.165, 1.54) is 7.11 Å². The minimum absolute atomic E-state index is 0.0530. The third-order valence-corrected chi connectivity index (χ3v) is 2.22. The van der Waals surface area contributed by atoms with Crippen molar-refractivity contribution in [1.29, 1.82) is 0 Å². The molecule has 78 valence electrons. The quantitative estimate of drug-likeness (QED) is 0.913. The van der Waals surface area contributed by atoms with E-state index in [0.717, 1.165) is 0 Å². The Kier molecular flexibility index (Phi) is 3.77. The Morgan fingerprint density at radius 2 is 2.29 bits per heavy atom. The van der Waals surface area contributed by atoms with Crippen LogP contribution in [0.25, 0.3) is 0 Å². The van der Waals surface area contributed by atoms with Crippen molar-refractivity contribution < 1.29 is 13.5 Å². The van der Waals surface area contributed by atoms with Gasteiger partial charge in [-0.25, -0.2) is 13.8 Å². The van der Waals surface area contributed by atoms with Crippen LogP contribution >= 0.6 is 15.9 Å². The van der Waals surface area contributed by atoms with Gasteiger partial charge in [0.25, 0.3) is 6.43 Å². The number of methoxy groups -OCH3 is 1. The van der Waals surface area contributed by atoms with E-state index in [1.807, 2.05) is 0 Å². The highest BCUT2D eigenvalue weighted by atomic mass is 79.9. The van der Waals surface area contributed by atoms with E-state index in [-0.39, 0.29) is 18.0 Å². The van der Waals surface area contributed by atoms with Crippen LogP contribution < -0.4 is 10.5 Å². The summed E-state index contributed by atoms with van der Waals surface area (Å²) in [6.45, 7) is 0.113. The lowest BCUT2D eigenvalue weighted by Gasteiger charge is -2.10. The molecular weight excluding hydrogens is 258 g/mol. The van der Waals surface area contributed by atoms with Gasteiger partial charge in [0, 0.05) is 6.54 Å². The molecule has 0 saturated carbocycles. The monoisotopic (exact) mass is 266 g/mol. The molecule has 0 fully saturated rings. The number of hydrogen-bond donors (Lipinski definition) is 1. The maximum atomic E-state index is 12.5. The fraction of sp³-hybridized carbons (Fsp3) is 0.375. The summed E-state index contributed by atoms with van der Waals surface area (Å²) in [5.74, 6) is 0.0530. The molecule has 0 aliphatic heterocycles. The summed E-state index contributed by atoms with van der Waals surface area (Å²) in [7, 11) is 1.32. The molecule has 0 aromatic carbocycles. The van der Waals surface area contributed by atoms with Crippen LogP contribution in [0.5, 0.6) is 5.75 Å². The van der Waals surface area contributed by atoms with Gasteiger partial charge in [-0.3, -0.25) is 0 Å². The first kappa shape index (κ1) is 11.3. The number of rotatable bonds is 3. The van der Waals surface area contributed by atoms with Gasteiger partial charge in [0.05, 0.1) is 17.3 Å². The molecule has 3 nitrogen and oxygen atoms in total. The summed E-state index contributed by atoms with van der Waals surface area (Å²) in [6, 6.07) is 1.56. The number of aromatic nitrogens is 1. The second-order valence-corrected chi connectivity index (χ2v) is 3.37. The number of halogens is 3. The number of pyridine rings is 1. The van der Waals surface area contributed by atoms with Gasteiger partial charge >= 0.3 is 0 Å². The Morgan fingerprint density at radius 1 is 1.64 bits per heavy atom. The van der Waals surface area contributed by atoms with E-state index in [2.05, 4.69) is 20.9 Å². The van der Waals surface area contributed by atoms with Gasteiger partial charge in [-0.1, -0.05) is 0 Å². The second-order valence-electron chi connectivity index (χ2n) is 2.52. The standard InChI is InChI=1S/C8H9BrF2N2O/c1-14-7-5(9)2-4(3-12)13-6(7)8(10)11/h2,8H,3,12H2,1H3. The van der Waals surface area contributed by atoms with Crippen LogP contribution in [0.2, 0.25) is 0 Å². The predicted octanol–water partition coefficient (Wildman–Crippen LogP) is 2.25. The smallest absolute Gasteiger partial charge is 0.284 e. The van der Waals surface area contributed by atoms with Crippen molar-refractivity contribution in [3.63, 3.8) is 0 Å². The molecule has 1 rings (SSSR count). The highest BCUT2D eigenvalue weighted by Gasteiger charge is 2.19. The fourth-order valence-electron chi connectivity index (χ4n) is 1.03. The normalized spacial score (nSPS) is 10.7. The Morgan fingerprint density at radius 3 is 2.71 bits per heavy atom. The Balaban J connectivity index is 3.28. The third-order valence-electron chi connectivity index (χ3n) is 1.63. The molecule has 6 heteroatoms. The van der Waals surface area contributed by atoms with Gasteiger partial charge < -0.3 is 10.5 Å². The van der Waals surface area contributed by atoms with Gasteiger partial charge in [0.15, 0.2) is 5.75 Å². The fourth-order valence-corrected chi connectivity index (χ4v) is 1.66. The lowest BCUT2D eigenvalue weighted by atomic mass is 10.3. The van der Waals surface area contributed by atoms with E-state index in [4.69, 9.17) is 10.5 Å². The molecule has 0 atom stereocenters. The molecular formula is C8H9BrF2N2O. The van der Waals surface area contributed by atoms with Crippen molar-refractivity contribution >= 4 is 15.9 Å². The van der Waals surface area contributed by atoms with Crippen LogP contribution in [0.4, 0.5) is 8.78 Å². The molecule has 14 heavy (non-hydrogen) atoms. The van der Waals surface area contributed by atoms with E-state index in [9.17, 15) is 8.78 Å². The predicted molar refractivity (Wildman–Crippen MR) is 51.3 cm³/mol. The van der Waals surface area contributed by atoms with Gasteiger partial charge in [-0.05, 0) is 22.0 Å². The first-order valence-corrected chi connectivity index (χ1v) is 4.61. The molecule has 0 aliphatic rings. The van der Waals surface area contributed by atoms with Crippen LogP contribution in [0.1, 0.15) is 17.8 Å². The molecule has 2 N–H and O–H groups in total. The number of nitrogens with zero attached hydrogens (tertiary/aromatic N) is 1. The molecule has 0 saturated heterocycles. The number of hydrogen-bond acceptors (Lipinski definition) is 3. The Labute approximate surface area is 88.4 Å². The van der Waals surface area contributed by atoms with E-state index in [1.54, 1.807) is 6.07 Å². The van der Waals surface area contributed by atoms with Gasteiger partial charge in [-0.15, -0.1) is 0 Å². The summed E-state index contributed by atoms with van der Waals surface area (Å²) >= 11 is 3.11. The van der Waals surface area contributed by atoms with Crippen molar-refractivity contribution in [2.45, 2.75) is 13.0 Å². The van der Waals surface area contributed by atoms with E-state index < -0.39 is 6.43 Å². The second kappa shape index (κ2) is 4.65.